The molecule has 8 heteroatoms. The summed E-state index contributed by atoms with van der Waals surface area (Å²) in [6, 6.07) is 7.29. The van der Waals surface area contributed by atoms with E-state index in [1.165, 1.54) is 4.68 Å². The molecule has 0 saturated heterocycles. The first-order valence-electron chi connectivity index (χ1n) is 6.04. The number of rotatable bonds is 4. The lowest BCUT2D eigenvalue weighted by atomic mass is 10.2. The van der Waals surface area contributed by atoms with E-state index in [1.54, 1.807) is 27.0 Å². The Hall–Kier alpha value is -1.28. The van der Waals surface area contributed by atoms with E-state index < -0.39 is 20.3 Å². The van der Waals surface area contributed by atoms with Crippen LogP contribution in [0.15, 0.2) is 28.7 Å². The molecule has 0 spiro atoms. The minimum absolute atomic E-state index is 0.340. The fraction of sp³-hybridized carbons (Fsp3) is 0.417. The van der Waals surface area contributed by atoms with Crippen LogP contribution >= 0.6 is 15.9 Å². The molecule has 20 heavy (non-hydrogen) atoms. The van der Waals surface area contributed by atoms with Crippen LogP contribution in [0.3, 0.4) is 0 Å². The van der Waals surface area contributed by atoms with Crippen LogP contribution in [-0.2, 0) is 16.9 Å². The molecular formula is C12H15BrN4O2S. The largest absolute Gasteiger partial charge is 0.231 e. The molecule has 1 heterocycles. The molecule has 0 bridgehead atoms. The third-order valence-corrected chi connectivity index (χ3v) is 6.27. The number of hydrogen-bond acceptors (Lipinski definition) is 5. The van der Waals surface area contributed by atoms with Crippen molar-refractivity contribution in [3.63, 3.8) is 0 Å². The summed E-state index contributed by atoms with van der Waals surface area (Å²) in [5.41, 5.74) is 0.737. The number of aryl methyl sites for hydroxylation is 1. The fourth-order valence-corrected chi connectivity index (χ4v) is 4.03. The van der Waals surface area contributed by atoms with Gasteiger partial charge in [-0.05, 0) is 42.0 Å². The maximum absolute atomic E-state index is 12.7. The molecule has 2 aromatic rings. The second-order valence-corrected chi connectivity index (χ2v) is 8.10. The van der Waals surface area contributed by atoms with Crippen LogP contribution < -0.4 is 0 Å². The molecule has 0 aliphatic rings. The van der Waals surface area contributed by atoms with Crippen LogP contribution in [0.2, 0.25) is 0 Å². The van der Waals surface area contributed by atoms with Crippen LogP contribution in [-0.4, -0.2) is 28.6 Å². The van der Waals surface area contributed by atoms with Crippen LogP contribution in [0.5, 0.6) is 0 Å². The summed E-state index contributed by atoms with van der Waals surface area (Å²) < 4.78 is 27.6. The molecular weight excluding hydrogens is 344 g/mol. The van der Waals surface area contributed by atoms with Gasteiger partial charge in [0.05, 0.1) is 5.25 Å². The highest BCUT2D eigenvalue weighted by atomic mass is 79.9. The van der Waals surface area contributed by atoms with Crippen LogP contribution in [0.4, 0.5) is 0 Å². The number of hydrogen-bond donors (Lipinski definition) is 0. The van der Waals surface area contributed by atoms with Gasteiger partial charge >= 0.3 is 0 Å². The molecule has 0 fully saturated rings. The summed E-state index contributed by atoms with van der Waals surface area (Å²) in [5.74, 6) is 0.340. The average Bonchev–Trinajstić information content (AvgIpc) is 2.83. The predicted molar refractivity (Wildman–Crippen MR) is 78.7 cm³/mol. The van der Waals surface area contributed by atoms with Crippen molar-refractivity contribution < 1.29 is 8.42 Å². The topological polar surface area (TPSA) is 77.7 Å². The minimum atomic E-state index is -3.44. The highest BCUT2D eigenvalue weighted by molar-refractivity contribution is 9.10. The summed E-state index contributed by atoms with van der Waals surface area (Å²) >= 11 is 3.35. The zero-order chi connectivity index (χ0) is 14.9. The Morgan fingerprint density at radius 3 is 2.50 bits per heavy atom. The van der Waals surface area contributed by atoms with Crippen molar-refractivity contribution in [1.82, 2.24) is 20.2 Å². The Morgan fingerprint density at radius 2 is 1.95 bits per heavy atom. The number of benzene rings is 1. The van der Waals surface area contributed by atoms with Crippen molar-refractivity contribution in [2.75, 3.05) is 0 Å². The maximum Gasteiger partial charge on any atom is 0.168 e. The highest BCUT2D eigenvalue weighted by Crippen LogP contribution is 2.33. The lowest BCUT2D eigenvalue weighted by Gasteiger charge is -2.18. The molecule has 0 N–H and O–H groups in total. The molecule has 1 aromatic heterocycles. The minimum Gasteiger partial charge on any atom is -0.231 e. The molecule has 0 aliphatic heterocycles. The summed E-state index contributed by atoms with van der Waals surface area (Å²) in [7, 11) is -1.81. The lowest BCUT2D eigenvalue weighted by Crippen LogP contribution is -2.20. The lowest BCUT2D eigenvalue weighted by molar-refractivity contribution is 0.566. The van der Waals surface area contributed by atoms with Gasteiger partial charge < -0.3 is 0 Å². The van der Waals surface area contributed by atoms with Crippen LogP contribution in [0.25, 0.3) is 0 Å². The smallest absolute Gasteiger partial charge is 0.168 e. The summed E-state index contributed by atoms with van der Waals surface area (Å²) in [6.45, 7) is 3.28. The third-order valence-electron chi connectivity index (χ3n) is 3.32. The van der Waals surface area contributed by atoms with Gasteiger partial charge in [0.15, 0.2) is 15.7 Å². The normalized spacial score (nSPS) is 15.0. The van der Waals surface area contributed by atoms with Crippen molar-refractivity contribution in [2.24, 2.45) is 7.05 Å². The van der Waals surface area contributed by atoms with Gasteiger partial charge in [-0.15, -0.1) is 5.10 Å². The Balaban J connectivity index is 2.37. The van der Waals surface area contributed by atoms with E-state index >= 15 is 0 Å². The van der Waals surface area contributed by atoms with Crippen molar-refractivity contribution in [3.05, 3.63) is 40.1 Å². The third kappa shape index (κ3) is 2.76. The summed E-state index contributed by atoms with van der Waals surface area (Å²) in [5, 5.41) is 9.56. The van der Waals surface area contributed by atoms with Crippen LogP contribution in [0.1, 0.15) is 35.7 Å². The fourth-order valence-electron chi connectivity index (χ4n) is 1.98. The molecule has 108 valence electrons. The van der Waals surface area contributed by atoms with Gasteiger partial charge in [0.1, 0.15) is 5.25 Å². The van der Waals surface area contributed by atoms with Gasteiger partial charge in [0, 0.05) is 11.5 Å². The molecule has 0 saturated carbocycles. The molecule has 2 rings (SSSR count). The highest BCUT2D eigenvalue weighted by Gasteiger charge is 2.33. The number of sulfone groups is 1. The average molecular weight is 359 g/mol. The second kappa shape index (κ2) is 5.61. The first-order chi connectivity index (χ1) is 9.34. The molecule has 1 aromatic carbocycles. The molecule has 2 unspecified atom stereocenters. The van der Waals surface area contributed by atoms with Crippen molar-refractivity contribution in [1.29, 1.82) is 0 Å². The SMILES string of the molecule is CC(c1cccc(Br)c1)S(=O)(=O)C(C)c1nnnn1C. The van der Waals surface area contributed by atoms with E-state index in [2.05, 4.69) is 31.5 Å². The van der Waals surface area contributed by atoms with E-state index in [4.69, 9.17) is 0 Å². The summed E-state index contributed by atoms with van der Waals surface area (Å²) in [4.78, 5) is 0. The molecule has 0 radical (unpaired) electrons. The quantitative estimate of drug-likeness (QED) is 0.837. The predicted octanol–water partition coefficient (Wildman–Crippen LogP) is 2.21. The number of tetrazole rings is 1. The number of halogens is 1. The molecule has 0 aliphatic carbocycles. The Morgan fingerprint density at radius 1 is 1.25 bits per heavy atom. The van der Waals surface area contributed by atoms with Gasteiger partial charge in [0.2, 0.25) is 0 Å². The van der Waals surface area contributed by atoms with E-state index in [0.717, 1.165) is 10.0 Å². The van der Waals surface area contributed by atoms with Gasteiger partial charge in [-0.25, -0.2) is 13.1 Å². The zero-order valence-electron chi connectivity index (χ0n) is 11.4. The molecule has 6 nitrogen and oxygen atoms in total. The molecule has 0 amide bonds. The zero-order valence-corrected chi connectivity index (χ0v) is 13.8. The first-order valence-corrected chi connectivity index (χ1v) is 8.44. The van der Waals surface area contributed by atoms with E-state index in [9.17, 15) is 8.42 Å². The number of nitrogens with zero attached hydrogens (tertiary/aromatic N) is 4. The second-order valence-electron chi connectivity index (χ2n) is 4.59. The Bertz CT molecular complexity index is 714. The van der Waals surface area contributed by atoms with Gasteiger partial charge in [-0.2, -0.15) is 0 Å². The van der Waals surface area contributed by atoms with Gasteiger partial charge in [0.25, 0.3) is 0 Å². The number of aromatic nitrogens is 4. The Labute approximate surface area is 126 Å². The van der Waals surface area contributed by atoms with Crippen LogP contribution in [0, 0.1) is 0 Å². The standard InChI is InChI=1S/C12H15BrN4O2S/c1-8(10-5-4-6-11(13)7-10)20(18,19)9(2)12-14-15-16-17(12)3/h4-9H,1-3H3. The van der Waals surface area contributed by atoms with E-state index in [1.807, 2.05) is 18.2 Å². The maximum atomic E-state index is 12.7. The van der Waals surface area contributed by atoms with Crippen molar-refractivity contribution in [2.45, 2.75) is 24.3 Å². The molecule has 2 atom stereocenters. The van der Waals surface area contributed by atoms with Gasteiger partial charge in [-0.3, -0.25) is 0 Å². The van der Waals surface area contributed by atoms with Crippen molar-refractivity contribution in [3.8, 4) is 0 Å². The van der Waals surface area contributed by atoms with Crippen molar-refractivity contribution >= 4 is 25.8 Å². The van der Waals surface area contributed by atoms with E-state index in [0.29, 0.717) is 5.82 Å². The monoisotopic (exact) mass is 358 g/mol. The first kappa shape index (κ1) is 15.1. The Kier molecular flexibility index (Phi) is 4.24. The summed E-state index contributed by atoms with van der Waals surface area (Å²) in [6.07, 6.45) is 0. The van der Waals surface area contributed by atoms with E-state index in [-0.39, 0.29) is 0 Å². The van der Waals surface area contributed by atoms with Gasteiger partial charge in [-0.1, -0.05) is 28.1 Å².